The molecule has 0 nitrogen and oxygen atoms in total. The lowest BCUT2D eigenvalue weighted by Gasteiger charge is -2.06. The predicted molar refractivity (Wildman–Crippen MR) is 66.2 cm³/mol. The van der Waals surface area contributed by atoms with Crippen molar-refractivity contribution in [1.29, 1.82) is 0 Å². The summed E-state index contributed by atoms with van der Waals surface area (Å²) in [6.07, 6.45) is 2.28. The van der Waals surface area contributed by atoms with Gasteiger partial charge in [0.2, 0.25) is 0 Å². The molecule has 0 aliphatic carbocycles. The summed E-state index contributed by atoms with van der Waals surface area (Å²) in [7, 11) is 0. The average molecular weight is 326 g/mol. The van der Waals surface area contributed by atoms with Crippen LogP contribution in [0.25, 0.3) is 0 Å². The molecule has 72 valence electrons. The molecule has 0 aliphatic rings. The topological polar surface area (TPSA) is 0 Å². The number of hydrogen-bond donors (Lipinski definition) is 0. The number of benzene rings is 1. The van der Waals surface area contributed by atoms with Crippen LogP contribution >= 0.6 is 43.5 Å². The molecule has 3 heteroatoms. The Bertz CT molecular complexity index is 274. The van der Waals surface area contributed by atoms with Crippen molar-refractivity contribution >= 4 is 43.5 Å². The summed E-state index contributed by atoms with van der Waals surface area (Å²) in [6, 6.07) is 6.10. The predicted octanol–water partition coefficient (Wildman–Crippen LogP) is 4.56. The molecule has 0 atom stereocenters. The highest BCUT2D eigenvalue weighted by molar-refractivity contribution is 9.09. The van der Waals surface area contributed by atoms with E-state index in [4.69, 9.17) is 11.6 Å². The van der Waals surface area contributed by atoms with Gasteiger partial charge >= 0.3 is 0 Å². The highest BCUT2D eigenvalue weighted by Gasteiger charge is 2.01. The molecule has 1 aromatic rings. The van der Waals surface area contributed by atoms with Gasteiger partial charge in [-0.2, -0.15) is 0 Å². The monoisotopic (exact) mass is 324 g/mol. The largest absolute Gasteiger partial charge is 0.0928 e. The van der Waals surface area contributed by atoms with E-state index in [1.807, 2.05) is 12.1 Å². The fourth-order valence-corrected chi connectivity index (χ4v) is 2.22. The van der Waals surface area contributed by atoms with Gasteiger partial charge in [0.05, 0.1) is 0 Å². The summed E-state index contributed by atoms with van der Waals surface area (Å²) in [5.74, 6) is 0. The second-order valence-electron chi connectivity index (χ2n) is 2.84. The standard InChI is InChI=1S/C10H11Br2Cl/c11-5-1-2-8-3-4-10(13)6-9(8)7-12/h3-4,6H,1-2,5,7H2. The SMILES string of the molecule is Clc1ccc(CCCBr)c(CBr)c1. The normalized spacial score (nSPS) is 10.4. The van der Waals surface area contributed by atoms with Crippen LogP contribution in [0, 0.1) is 0 Å². The van der Waals surface area contributed by atoms with Crippen LogP contribution in [-0.4, -0.2) is 5.33 Å². The van der Waals surface area contributed by atoms with E-state index in [0.717, 1.165) is 22.1 Å². The van der Waals surface area contributed by atoms with E-state index in [1.54, 1.807) is 0 Å². The number of rotatable bonds is 4. The number of alkyl halides is 2. The van der Waals surface area contributed by atoms with Crippen molar-refractivity contribution in [3.63, 3.8) is 0 Å². The summed E-state index contributed by atoms with van der Waals surface area (Å²) >= 11 is 12.8. The van der Waals surface area contributed by atoms with Crippen molar-refractivity contribution in [2.45, 2.75) is 18.2 Å². The first-order chi connectivity index (χ1) is 6.27. The molecular weight excluding hydrogens is 315 g/mol. The first-order valence-corrected chi connectivity index (χ1v) is 6.79. The molecular formula is C10H11Br2Cl. The highest BCUT2D eigenvalue weighted by atomic mass is 79.9. The minimum Gasteiger partial charge on any atom is -0.0928 e. The van der Waals surface area contributed by atoms with Gasteiger partial charge in [-0.1, -0.05) is 49.5 Å². The van der Waals surface area contributed by atoms with Gasteiger partial charge < -0.3 is 0 Å². The molecule has 0 fully saturated rings. The van der Waals surface area contributed by atoms with E-state index >= 15 is 0 Å². The lowest BCUT2D eigenvalue weighted by molar-refractivity contribution is 0.928. The van der Waals surface area contributed by atoms with E-state index in [9.17, 15) is 0 Å². The Labute approximate surface area is 101 Å². The van der Waals surface area contributed by atoms with Crippen LogP contribution in [0.5, 0.6) is 0 Å². The molecule has 0 heterocycles. The van der Waals surface area contributed by atoms with Crippen molar-refractivity contribution in [3.05, 3.63) is 34.3 Å². The first-order valence-electron chi connectivity index (χ1n) is 4.17. The zero-order valence-corrected chi connectivity index (χ0v) is 11.1. The summed E-state index contributed by atoms with van der Waals surface area (Å²) in [5.41, 5.74) is 2.69. The van der Waals surface area contributed by atoms with Crippen molar-refractivity contribution in [2.24, 2.45) is 0 Å². The third kappa shape index (κ3) is 3.61. The third-order valence-electron chi connectivity index (χ3n) is 1.89. The van der Waals surface area contributed by atoms with Crippen molar-refractivity contribution in [3.8, 4) is 0 Å². The quantitative estimate of drug-likeness (QED) is 0.712. The van der Waals surface area contributed by atoms with Crippen LogP contribution in [0.1, 0.15) is 17.5 Å². The Balaban J connectivity index is 2.79. The zero-order valence-electron chi connectivity index (χ0n) is 7.19. The maximum Gasteiger partial charge on any atom is 0.0409 e. The number of halogens is 3. The Morgan fingerprint density at radius 2 is 1.92 bits per heavy atom. The molecule has 0 spiro atoms. The van der Waals surface area contributed by atoms with E-state index in [0.29, 0.717) is 0 Å². The van der Waals surface area contributed by atoms with Gasteiger partial charge in [-0.25, -0.2) is 0 Å². The average Bonchev–Trinajstić information content (AvgIpc) is 2.16. The fraction of sp³-hybridized carbons (Fsp3) is 0.400. The molecule has 0 aliphatic heterocycles. The molecule has 0 N–H and O–H groups in total. The van der Waals surface area contributed by atoms with Crippen LogP contribution in [0.15, 0.2) is 18.2 Å². The number of aryl methyl sites for hydroxylation is 1. The van der Waals surface area contributed by atoms with Gasteiger partial charge in [0, 0.05) is 15.7 Å². The molecule has 0 saturated carbocycles. The Morgan fingerprint density at radius 3 is 2.54 bits per heavy atom. The Hall–Kier alpha value is 0.470. The molecule has 0 bridgehead atoms. The summed E-state index contributed by atoms with van der Waals surface area (Å²) < 4.78 is 0. The van der Waals surface area contributed by atoms with Gasteiger partial charge in [0.25, 0.3) is 0 Å². The molecule has 0 radical (unpaired) electrons. The van der Waals surface area contributed by atoms with Gasteiger partial charge in [0.1, 0.15) is 0 Å². The summed E-state index contributed by atoms with van der Waals surface area (Å²) in [4.78, 5) is 0. The summed E-state index contributed by atoms with van der Waals surface area (Å²) in [6.45, 7) is 0. The molecule has 13 heavy (non-hydrogen) atoms. The molecule has 1 rings (SSSR count). The smallest absolute Gasteiger partial charge is 0.0409 e. The zero-order chi connectivity index (χ0) is 9.68. The van der Waals surface area contributed by atoms with Gasteiger partial charge in [-0.15, -0.1) is 0 Å². The van der Waals surface area contributed by atoms with E-state index in [-0.39, 0.29) is 0 Å². The van der Waals surface area contributed by atoms with Crippen LogP contribution in [0.2, 0.25) is 5.02 Å². The molecule has 0 saturated heterocycles. The second kappa shape index (κ2) is 6.05. The van der Waals surface area contributed by atoms with Crippen molar-refractivity contribution < 1.29 is 0 Å². The summed E-state index contributed by atoms with van der Waals surface area (Å²) in [5, 5.41) is 2.75. The van der Waals surface area contributed by atoms with Crippen molar-refractivity contribution in [1.82, 2.24) is 0 Å². The highest BCUT2D eigenvalue weighted by Crippen LogP contribution is 2.20. The Kier molecular flexibility index (Phi) is 5.37. The molecule has 0 unspecified atom stereocenters. The fourth-order valence-electron chi connectivity index (χ4n) is 1.22. The van der Waals surface area contributed by atoms with E-state index in [2.05, 4.69) is 37.9 Å². The van der Waals surface area contributed by atoms with E-state index < -0.39 is 0 Å². The first kappa shape index (κ1) is 11.5. The molecule has 1 aromatic carbocycles. The van der Waals surface area contributed by atoms with Crippen LogP contribution in [0.3, 0.4) is 0 Å². The number of hydrogen-bond acceptors (Lipinski definition) is 0. The van der Waals surface area contributed by atoms with Crippen LogP contribution < -0.4 is 0 Å². The van der Waals surface area contributed by atoms with Gasteiger partial charge in [0.15, 0.2) is 0 Å². The van der Waals surface area contributed by atoms with Gasteiger partial charge in [-0.05, 0) is 36.1 Å². The lowest BCUT2D eigenvalue weighted by atomic mass is 10.0. The van der Waals surface area contributed by atoms with Crippen LogP contribution in [-0.2, 0) is 11.8 Å². The second-order valence-corrected chi connectivity index (χ2v) is 4.63. The maximum atomic E-state index is 5.90. The third-order valence-corrected chi connectivity index (χ3v) is 3.29. The minimum absolute atomic E-state index is 0.817. The minimum atomic E-state index is 0.817. The van der Waals surface area contributed by atoms with Crippen molar-refractivity contribution in [2.75, 3.05) is 5.33 Å². The van der Waals surface area contributed by atoms with E-state index in [1.165, 1.54) is 17.5 Å². The Morgan fingerprint density at radius 1 is 1.15 bits per heavy atom. The van der Waals surface area contributed by atoms with Gasteiger partial charge in [-0.3, -0.25) is 0 Å². The van der Waals surface area contributed by atoms with Crippen LogP contribution in [0.4, 0.5) is 0 Å². The molecule has 0 aromatic heterocycles. The maximum absolute atomic E-state index is 5.90. The molecule has 0 amide bonds. The lowest BCUT2D eigenvalue weighted by Crippen LogP contribution is -1.92.